The lowest BCUT2D eigenvalue weighted by Gasteiger charge is -2.10. The van der Waals surface area contributed by atoms with Crippen molar-refractivity contribution in [3.8, 4) is 0 Å². The van der Waals surface area contributed by atoms with Crippen LogP contribution in [0.15, 0.2) is 22.7 Å². The highest BCUT2D eigenvalue weighted by Crippen LogP contribution is 2.20. The lowest BCUT2D eigenvalue weighted by atomic mass is 10.2. The molecular weight excluding hydrogens is 204 g/mol. The summed E-state index contributed by atoms with van der Waals surface area (Å²) >= 11 is 0. The molecule has 1 unspecified atom stereocenters. The fourth-order valence-electron chi connectivity index (χ4n) is 1.66. The third-order valence-corrected chi connectivity index (χ3v) is 2.47. The number of hydrogen-bond donors (Lipinski definition) is 1. The number of aryl methyl sites for hydroxylation is 2. The van der Waals surface area contributed by atoms with Gasteiger partial charge >= 0.3 is 0 Å². The topological polar surface area (TPSA) is 69.9 Å². The SMILES string of the molecule is CCCn1nncc1C(N)c1ccc(C)o1. The van der Waals surface area contributed by atoms with Crippen molar-refractivity contribution in [3.05, 3.63) is 35.5 Å². The zero-order chi connectivity index (χ0) is 11.5. The maximum absolute atomic E-state index is 6.11. The number of aromatic nitrogens is 3. The van der Waals surface area contributed by atoms with E-state index in [4.69, 9.17) is 10.2 Å². The zero-order valence-corrected chi connectivity index (χ0v) is 9.55. The lowest BCUT2D eigenvalue weighted by molar-refractivity contribution is 0.449. The molecule has 0 bridgehead atoms. The van der Waals surface area contributed by atoms with E-state index in [0.717, 1.165) is 30.2 Å². The summed E-state index contributed by atoms with van der Waals surface area (Å²) in [5.41, 5.74) is 7.00. The summed E-state index contributed by atoms with van der Waals surface area (Å²) in [7, 11) is 0. The molecule has 2 heterocycles. The Labute approximate surface area is 94.2 Å². The van der Waals surface area contributed by atoms with Gasteiger partial charge in [-0.15, -0.1) is 5.10 Å². The van der Waals surface area contributed by atoms with Gasteiger partial charge in [0.2, 0.25) is 0 Å². The average molecular weight is 220 g/mol. The van der Waals surface area contributed by atoms with Gasteiger partial charge in [0.05, 0.1) is 11.9 Å². The molecule has 5 heteroatoms. The van der Waals surface area contributed by atoms with Crippen LogP contribution in [-0.2, 0) is 6.54 Å². The van der Waals surface area contributed by atoms with Gasteiger partial charge in [0.1, 0.15) is 17.6 Å². The van der Waals surface area contributed by atoms with Gasteiger partial charge in [-0.3, -0.25) is 0 Å². The monoisotopic (exact) mass is 220 g/mol. The molecule has 2 aromatic rings. The summed E-state index contributed by atoms with van der Waals surface area (Å²) in [5, 5.41) is 7.89. The summed E-state index contributed by atoms with van der Waals surface area (Å²) in [4.78, 5) is 0. The van der Waals surface area contributed by atoms with Crippen molar-refractivity contribution in [1.29, 1.82) is 0 Å². The van der Waals surface area contributed by atoms with Crippen molar-refractivity contribution in [2.75, 3.05) is 0 Å². The highest BCUT2D eigenvalue weighted by Gasteiger charge is 2.17. The number of nitrogens with zero attached hydrogens (tertiary/aromatic N) is 3. The number of hydrogen-bond acceptors (Lipinski definition) is 4. The molecular formula is C11H16N4O. The summed E-state index contributed by atoms with van der Waals surface area (Å²) in [6.45, 7) is 4.81. The highest BCUT2D eigenvalue weighted by atomic mass is 16.3. The second-order valence-corrected chi connectivity index (χ2v) is 3.81. The van der Waals surface area contributed by atoms with Crippen LogP contribution < -0.4 is 5.73 Å². The summed E-state index contributed by atoms with van der Waals surface area (Å²) in [6, 6.07) is 3.50. The third kappa shape index (κ3) is 1.99. The average Bonchev–Trinajstić information content (AvgIpc) is 2.87. The molecule has 5 nitrogen and oxygen atoms in total. The van der Waals surface area contributed by atoms with Crippen LogP contribution in [0.4, 0.5) is 0 Å². The molecule has 0 aliphatic carbocycles. The van der Waals surface area contributed by atoms with E-state index in [1.165, 1.54) is 0 Å². The van der Waals surface area contributed by atoms with E-state index in [9.17, 15) is 0 Å². The molecule has 0 saturated carbocycles. The smallest absolute Gasteiger partial charge is 0.127 e. The van der Waals surface area contributed by atoms with E-state index in [-0.39, 0.29) is 6.04 Å². The van der Waals surface area contributed by atoms with Crippen LogP contribution in [0.1, 0.15) is 36.6 Å². The zero-order valence-electron chi connectivity index (χ0n) is 9.55. The Morgan fingerprint density at radius 1 is 1.50 bits per heavy atom. The Bertz CT molecular complexity index is 460. The maximum Gasteiger partial charge on any atom is 0.127 e. The van der Waals surface area contributed by atoms with Crippen molar-refractivity contribution in [2.45, 2.75) is 32.9 Å². The van der Waals surface area contributed by atoms with Crippen LogP contribution in [0.5, 0.6) is 0 Å². The van der Waals surface area contributed by atoms with Gasteiger partial charge in [0.15, 0.2) is 0 Å². The number of rotatable bonds is 4. The van der Waals surface area contributed by atoms with Crippen molar-refractivity contribution in [2.24, 2.45) is 5.73 Å². The second-order valence-electron chi connectivity index (χ2n) is 3.81. The van der Waals surface area contributed by atoms with Crippen LogP contribution >= 0.6 is 0 Å². The molecule has 0 aliphatic heterocycles. The molecule has 2 N–H and O–H groups in total. The quantitative estimate of drug-likeness (QED) is 0.850. The van der Waals surface area contributed by atoms with Gasteiger partial charge in [-0.2, -0.15) is 0 Å². The van der Waals surface area contributed by atoms with Gasteiger partial charge in [-0.1, -0.05) is 12.1 Å². The number of furan rings is 1. The largest absolute Gasteiger partial charge is 0.464 e. The van der Waals surface area contributed by atoms with Crippen molar-refractivity contribution in [1.82, 2.24) is 15.0 Å². The second kappa shape index (κ2) is 4.49. The fraction of sp³-hybridized carbons (Fsp3) is 0.455. The van der Waals surface area contributed by atoms with E-state index in [1.54, 1.807) is 6.20 Å². The van der Waals surface area contributed by atoms with Gasteiger partial charge in [0, 0.05) is 6.54 Å². The van der Waals surface area contributed by atoms with Gasteiger partial charge in [0.25, 0.3) is 0 Å². The minimum Gasteiger partial charge on any atom is -0.464 e. The molecule has 0 spiro atoms. The normalized spacial score (nSPS) is 12.9. The molecule has 0 amide bonds. The Balaban J connectivity index is 2.26. The van der Waals surface area contributed by atoms with E-state index in [1.807, 2.05) is 23.7 Å². The predicted molar refractivity (Wildman–Crippen MR) is 59.8 cm³/mol. The van der Waals surface area contributed by atoms with Crippen LogP contribution in [0, 0.1) is 6.92 Å². The molecule has 1 atom stereocenters. The molecule has 0 aromatic carbocycles. The minimum absolute atomic E-state index is 0.296. The van der Waals surface area contributed by atoms with Crippen molar-refractivity contribution >= 4 is 0 Å². The first-order chi connectivity index (χ1) is 7.72. The molecule has 0 fully saturated rings. The minimum atomic E-state index is -0.296. The van der Waals surface area contributed by atoms with Crippen LogP contribution in [0.3, 0.4) is 0 Å². The van der Waals surface area contributed by atoms with E-state index >= 15 is 0 Å². The molecule has 2 aromatic heterocycles. The van der Waals surface area contributed by atoms with Crippen LogP contribution in [0.25, 0.3) is 0 Å². The van der Waals surface area contributed by atoms with E-state index in [0.29, 0.717) is 0 Å². The van der Waals surface area contributed by atoms with Crippen LogP contribution in [-0.4, -0.2) is 15.0 Å². The van der Waals surface area contributed by atoms with Gasteiger partial charge < -0.3 is 10.2 Å². The Kier molecular flexibility index (Phi) is 3.05. The fourth-order valence-corrected chi connectivity index (χ4v) is 1.66. The summed E-state index contributed by atoms with van der Waals surface area (Å²) in [5.74, 6) is 1.61. The third-order valence-electron chi connectivity index (χ3n) is 2.47. The van der Waals surface area contributed by atoms with Crippen LogP contribution in [0.2, 0.25) is 0 Å². The molecule has 0 radical (unpaired) electrons. The highest BCUT2D eigenvalue weighted by molar-refractivity contribution is 5.18. The standard InChI is InChI=1S/C11H16N4O/c1-3-6-15-9(7-13-14-15)11(12)10-5-4-8(2)16-10/h4-5,7,11H,3,6,12H2,1-2H3. The summed E-state index contributed by atoms with van der Waals surface area (Å²) in [6.07, 6.45) is 2.69. The first-order valence-electron chi connectivity index (χ1n) is 5.42. The number of nitrogens with two attached hydrogens (primary N) is 1. The molecule has 16 heavy (non-hydrogen) atoms. The predicted octanol–water partition coefficient (Wildman–Crippen LogP) is 1.64. The Morgan fingerprint density at radius 2 is 2.31 bits per heavy atom. The molecule has 0 aliphatic rings. The Morgan fingerprint density at radius 3 is 2.94 bits per heavy atom. The first-order valence-corrected chi connectivity index (χ1v) is 5.42. The van der Waals surface area contributed by atoms with E-state index < -0.39 is 0 Å². The summed E-state index contributed by atoms with van der Waals surface area (Å²) < 4.78 is 7.33. The van der Waals surface area contributed by atoms with Gasteiger partial charge in [-0.25, -0.2) is 4.68 Å². The van der Waals surface area contributed by atoms with Crippen molar-refractivity contribution in [3.63, 3.8) is 0 Å². The molecule has 0 saturated heterocycles. The lowest BCUT2D eigenvalue weighted by Crippen LogP contribution is -2.17. The molecule has 86 valence electrons. The maximum atomic E-state index is 6.11. The first kappa shape index (κ1) is 10.9. The van der Waals surface area contributed by atoms with Crippen molar-refractivity contribution < 1.29 is 4.42 Å². The van der Waals surface area contributed by atoms with E-state index in [2.05, 4.69) is 17.2 Å². The van der Waals surface area contributed by atoms with Gasteiger partial charge in [-0.05, 0) is 25.5 Å². The molecule has 2 rings (SSSR count). The Hall–Kier alpha value is -1.62.